The summed E-state index contributed by atoms with van der Waals surface area (Å²) in [5.41, 5.74) is 0.707. The van der Waals surface area contributed by atoms with Crippen LogP contribution in [0.4, 0.5) is 0 Å². The predicted octanol–water partition coefficient (Wildman–Crippen LogP) is 4.22. The Labute approximate surface area is 98.7 Å². The Morgan fingerprint density at radius 3 is 2.77 bits per heavy atom. The molecule has 0 aliphatic rings. The number of rotatable bonds is 2. The van der Waals surface area contributed by atoms with Gasteiger partial charge in [-0.2, -0.15) is 0 Å². The van der Waals surface area contributed by atoms with Crippen molar-refractivity contribution in [3.05, 3.63) is 33.3 Å². The highest BCUT2D eigenvalue weighted by Gasteiger charge is 2.03. The molecule has 0 saturated heterocycles. The van der Waals surface area contributed by atoms with Gasteiger partial charge in [-0.3, -0.25) is 0 Å². The molecule has 0 fully saturated rings. The van der Waals surface area contributed by atoms with E-state index in [1.807, 2.05) is 6.08 Å². The van der Waals surface area contributed by atoms with Crippen LogP contribution in [0.2, 0.25) is 5.02 Å². The minimum atomic E-state index is 0.210. The van der Waals surface area contributed by atoms with Gasteiger partial charge in [0.05, 0.1) is 4.47 Å². The molecule has 0 bridgehead atoms. The van der Waals surface area contributed by atoms with Crippen LogP contribution in [0.1, 0.15) is 5.56 Å². The Hall–Kier alpha value is 0.01000. The number of benzene rings is 1. The van der Waals surface area contributed by atoms with Gasteiger partial charge in [0.25, 0.3) is 0 Å². The maximum absolute atomic E-state index is 9.58. The molecule has 0 aromatic heterocycles. The van der Waals surface area contributed by atoms with Gasteiger partial charge in [-0.15, -0.1) is 0 Å². The molecule has 0 heterocycles. The molecule has 0 aliphatic carbocycles. The van der Waals surface area contributed by atoms with E-state index in [0.29, 0.717) is 15.1 Å². The summed E-state index contributed by atoms with van der Waals surface area (Å²) in [6.07, 6.45) is 3.69. The van der Waals surface area contributed by atoms with Crippen LogP contribution >= 0.6 is 43.5 Å². The van der Waals surface area contributed by atoms with Crippen molar-refractivity contribution in [1.29, 1.82) is 0 Å². The van der Waals surface area contributed by atoms with Crippen molar-refractivity contribution in [3.8, 4) is 5.75 Å². The highest BCUT2D eigenvalue weighted by atomic mass is 79.9. The third-order valence-electron chi connectivity index (χ3n) is 1.44. The molecule has 0 spiro atoms. The third kappa shape index (κ3) is 3.01. The summed E-state index contributed by atoms with van der Waals surface area (Å²) in [6.45, 7) is 0. The summed E-state index contributed by atoms with van der Waals surface area (Å²) < 4.78 is 0.606. The summed E-state index contributed by atoms with van der Waals surface area (Å²) in [5.74, 6) is 0.210. The molecule has 13 heavy (non-hydrogen) atoms. The van der Waals surface area contributed by atoms with Crippen LogP contribution in [-0.4, -0.2) is 10.4 Å². The van der Waals surface area contributed by atoms with Gasteiger partial charge >= 0.3 is 0 Å². The highest BCUT2D eigenvalue weighted by Crippen LogP contribution is 2.32. The van der Waals surface area contributed by atoms with Crippen molar-refractivity contribution in [2.75, 3.05) is 5.33 Å². The monoisotopic (exact) mass is 324 g/mol. The first kappa shape index (κ1) is 11.1. The van der Waals surface area contributed by atoms with Crippen LogP contribution < -0.4 is 0 Å². The molecule has 70 valence electrons. The van der Waals surface area contributed by atoms with Gasteiger partial charge in [-0.25, -0.2) is 0 Å². The summed E-state index contributed by atoms with van der Waals surface area (Å²) in [6, 6.07) is 3.36. The van der Waals surface area contributed by atoms with Gasteiger partial charge < -0.3 is 5.11 Å². The first-order valence-electron chi connectivity index (χ1n) is 3.55. The van der Waals surface area contributed by atoms with E-state index in [4.69, 9.17) is 11.6 Å². The van der Waals surface area contributed by atoms with Crippen molar-refractivity contribution >= 4 is 49.5 Å². The van der Waals surface area contributed by atoms with E-state index >= 15 is 0 Å². The van der Waals surface area contributed by atoms with Gasteiger partial charge in [0.1, 0.15) is 5.75 Å². The summed E-state index contributed by atoms with van der Waals surface area (Å²) in [5, 5.41) is 10.9. The zero-order chi connectivity index (χ0) is 9.84. The van der Waals surface area contributed by atoms with Crippen LogP contribution in [0.25, 0.3) is 6.08 Å². The van der Waals surface area contributed by atoms with Crippen LogP contribution in [0, 0.1) is 0 Å². The minimum Gasteiger partial charge on any atom is -0.506 e. The molecule has 1 aromatic rings. The molecule has 0 unspecified atom stereocenters. The number of alkyl halides is 1. The minimum absolute atomic E-state index is 0.210. The van der Waals surface area contributed by atoms with E-state index in [9.17, 15) is 5.11 Å². The summed E-state index contributed by atoms with van der Waals surface area (Å²) in [7, 11) is 0. The first-order chi connectivity index (χ1) is 6.15. The predicted molar refractivity (Wildman–Crippen MR) is 63.6 cm³/mol. The van der Waals surface area contributed by atoms with E-state index in [0.717, 1.165) is 5.33 Å². The highest BCUT2D eigenvalue weighted by molar-refractivity contribution is 9.10. The number of phenolic OH excluding ortho intramolecular Hbond substituents is 1. The number of hydrogen-bond donors (Lipinski definition) is 1. The molecule has 1 aromatic carbocycles. The average molecular weight is 326 g/mol. The maximum Gasteiger partial charge on any atom is 0.137 e. The Morgan fingerprint density at radius 1 is 1.46 bits per heavy atom. The van der Waals surface area contributed by atoms with E-state index in [1.165, 1.54) is 0 Å². The summed E-state index contributed by atoms with van der Waals surface area (Å²) in [4.78, 5) is 0. The smallest absolute Gasteiger partial charge is 0.137 e. The van der Waals surface area contributed by atoms with Gasteiger partial charge in [0.15, 0.2) is 0 Å². The zero-order valence-corrected chi connectivity index (χ0v) is 10.5. The molecule has 0 amide bonds. The molecular weight excluding hydrogens is 319 g/mol. The maximum atomic E-state index is 9.58. The fourth-order valence-corrected chi connectivity index (χ4v) is 1.91. The van der Waals surface area contributed by atoms with Crippen molar-refractivity contribution in [2.24, 2.45) is 0 Å². The number of allylic oxidation sites excluding steroid dienone is 1. The van der Waals surface area contributed by atoms with Crippen molar-refractivity contribution in [2.45, 2.75) is 0 Å². The van der Waals surface area contributed by atoms with Crippen molar-refractivity contribution in [1.82, 2.24) is 0 Å². The van der Waals surface area contributed by atoms with Gasteiger partial charge in [-0.05, 0) is 28.1 Å². The number of aromatic hydroxyl groups is 1. The lowest BCUT2D eigenvalue weighted by atomic mass is 10.2. The SMILES string of the molecule is Oc1c(Br)cc(Cl)cc1C=CCBr. The van der Waals surface area contributed by atoms with Gasteiger partial charge in [0.2, 0.25) is 0 Å². The standard InChI is InChI=1S/C9H7Br2ClO/c10-3-1-2-6-4-7(12)5-8(11)9(6)13/h1-2,4-5,13H,3H2. The molecule has 0 atom stereocenters. The number of hydrogen-bond acceptors (Lipinski definition) is 1. The number of halogens is 3. The Balaban J connectivity index is 3.12. The largest absolute Gasteiger partial charge is 0.506 e. The van der Waals surface area contributed by atoms with Crippen molar-refractivity contribution < 1.29 is 5.11 Å². The molecule has 1 rings (SSSR count). The fourth-order valence-electron chi connectivity index (χ4n) is 0.884. The Bertz CT molecular complexity index is 337. The molecule has 0 radical (unpaired) electrons. The summed E-state index contributed by atoms with van der Waals surface area (Å²) >= 11 is 12.3. The second-order valence-corrected chi connectivity index (χ2v) is 4.32. The molecule has 1 nitrogen and oxygen atoms in total. The number of phenols is 1. The lowest BCUT2D eigenvalue weighted by Crippen LogP contribution is -1.77. The van der Waals surface area contributed by atoms with Crippen LogP contribution in [0.15, 0.2) is 22.7 Å². The Kier molecular flexibility index (Phi) is 4.29. The van der Waals surface area contributed by atoms with Gasteiger partial charge in [0, 0.05) is 15.9 Å². The first-order valence-corrected chi connectivity index (χ1v) is 5.85. The molecule has 1 N–H and O–H groups in total. The lowest BCUT2D eigenvalue weighted by molar-refractivity contribution is 0.470. The normalized spacial score (nSPS) is 11.0. The average Bonchev–Trinajstić information content (AvgIpc) is 2.09. The van der Waals surface area contributed by atoms with Crippen LogP contribution in [0.3, 0.4) is 0 Å². The fraction of sp³-hybridized carbons (Fsp3) is 0.111. The molecular formula is C9H7Br2ClO. The van der Waals surface area contributed by atoms with E-state index in [-0.39, 0.29) is 5.75 Å². The van der Waals surface area contributed by atoms with Crippen LogP contribution in [0.5, 0.6) is 5.75 Å². The van der Waals surface area contributed by atoms with Gasteiger partial charge in [-0.1, -0.05) is 39.7 Å². The van der Waals surface area contributed by atoms with Crippen molar-refractivity contribution in [3.63, 3.8) is 0 Å². The van der Waals surface area contributed by atoms with E-state index < -0.39 is 0 Å². The molecule has 4 heteroatoms. The second-order valence-electron chi connectivity index (χ2n) is 2.38. The molecule has 0 saturated carbocycles. The van der Waals surface area contributed by atoms with E-state index in [1.54, 1.807) is 18.2 Å². The lowest BCUT2D eigenvalue weighted by Gasteiger charge is -2.02. The quantitative estimate of drug-likeness (QED) is 0.807. The Morgan fingerprint density at radius 2 is 2.15 bits per heavy atom. The second kappa shape index (κ2) is 5.03. The van der Waals surface area contributed by atoms with Crippen LogP contribution in [-0.2, 0) is 0 Å². The zero-order valence-electron chi connectivity index (χ0n) is 6.60. The van der Waals surface area contributed by atoms with E-state index in [2.05, 4.69) is 31.9 Å². The molecule has 0 aliphatic heterocycles. The third-order valence-corrected chi connectivity index (χ3v) is 2.64. The topological polar surface area (TPSA) is 20.2 Å².